The molecule has 0 aliphatic carbocycles. The fraction of sp³-hybridized carbons (Fsp3) is 0.176. The van der Waals surface area contributed by atoms with Crippen molar-refractivity contribution in [2.75, 3.05) is 24.5 Å². The number of ether oxygens (including phenoxy) is 2. The van der Waals surface area contributed by atoms with E-state index in [9.17, 15) is 0 Å². The standard InChI is InChI=1S/C17H16N4O2/c1-10-3-8-13(19-12-6-4-11(18-2)5-7-12)15-14(10)20-16-17(21-15)23-9-22-16/h3-8,18-19H,9H2,1-2H3. The molecule has 23 heavy (non-hydrogen) atoms. The van der Waals surface area contributed by atoms with Gasteiger partial charge in [0.05, 0.1) is 11.2 Å². The van der Waals surface area contributed by atoms with Crippen LogP contribution in [0.15, 0.2) is 36.4 Å². The quantitative estimate of drug-likeness (QED) is 0.772. The van der Waals surface area contributed by atoms with Gasteiger partial charge in [0.15, 0.2) is 0 Å². The molecule has 0 unspecified atom stereocenters. The Kier molecular flexibility index (Phi) is 3.15. The maximum absolute atomic E-state index is 5.35. The topological polar surface area (TPSA) is 68.3 Å². The minimum Gasteiger partial charge on any atom is -0.436 e. The Hall–Kier alpha value is -3.02. The van der Waals surface area contributed by atoms with E-state index in [2.05, 4.69) is 20.6 Å². The van der Waals surface area contributed by atoms with Gasteiger partial charge in [-0.05, 0) is 42.8 Å². The first-order valence-electron chi connectivity index (χ1n) is 7.36. The SMILES string of the molecule is CNc1ccc(Nc2ccc(C)c3nc4c(nc23)OCO4)cc1. The largest absolute Gasteiger partial charge is 0.436 e. The Balaban J connectivity index is 1.78. The molecule has 1 aromatic heterocycles. The Labute approximate surface area is 133 Å². The summed E-state index contributed by atoms with van der Waals surface area (Å²) < 4.78 is 10.7. The fourth-order valence-electron chi connectivity index (χ4n) is 2.54. The van der Waals surface area contributed by atoms with Crippen molar-refractivity contribution in [3.8, 4) is 11.8 Å². The first-order valence-corrected chi connectivity index (χ1v) is 7.36. The number of hydrogen-bond acceptors (Lipinski definition) is 6. The molecule has 0 saturated carbocycles. The number of hydrogen-bond donors (Lipinski definition) is 2. The number of nitrogens with one attached hydrogen (secondary N) is 2. The van der Waals surface area contributed by atoms with Crippen LogP contribution in [0.3, 0.4) is 0 Å². The van der Waals surface area contributed by atoms with E-state index in [1.165, 1.54) is 0 Å². The van der Waals surface area contributed by atoms with Crippen LogP contribution in [-0.4, -0.2) is 23.8 Å². The molecule has 0 bridgehead atoms. The Morgan fingerprint density at radius 2 is 1.52 bits per heavy atom. The van der Waals surface area contributed by atoms with Crippen LogP contribution in [0.1, 0.15) is 5.56 Å². The molecule has 4 rings (SSSR count). The number of anilines is 3. The summed E-state index contributed by atoms with van der Waals surface area (Å²) in [6.07, 6.45) is 0. The van der Waals surface area contributed by atoms with Gasteiger partial charge in [0.1, 0.15) is 5.52 Å². The predicted octanol–water partition coefficient (Wildman–Crippen LogP) is 3.45. The zero-order chi connectivity index (χ0) is 15.8. The Morgan fingerprint density at radius 3 is 2.22 bits per heavy atom. The first-order chi connectivity index (χ1) is 11.2. The summed E-state index contributed by atoms with van der Waals surface area (Å²) in [6.45, 7) is 2.17. The van der Waals surface area contributed by atoms with Crippen molar-refractivity contribution in [2.45, 2.75) is 6.92 Å². The van der Waals surface area contributed by atoms with E-state index < -0.39 is 0 Å². The molecule has 1 aliphatic rings. The van der Waals surface area contributed by atoms with E-state index in [4.69, 9.17) is 9.47 Å². The van der Waals surface area contributed by atoms with Gasteiger partial charge in [-0.3, -0.25) is 0 Å². The van der Waals surface area contributed by atoms with Crippen LogP contribution in [0.5, 0.6) is 11.8 Å². The van der Waals surface area contributed by atoms with Gasteiger partial charge < -0.3 is 20.1 Å². The van der Waals surface area contributed by atoms with Gasteiger partial charge in [-0.25, -0.2) is 9.97 Å². The molecule has 0 radical (unpaired) electrons. The van der Waals surface area contributed by atoms with Crippen LogP contribution in [0.2, 0.25) is 0 Å². The van der Waals surface area contributed by atoms with Crippen molar-refractivity contribution >= 4 is 28.1 Å². The van der Waals surface area contributed by atoms with Gasteiger partial charge in [-0.15, -0.1) is 0 Å². The average Bonchev–Trinajstić information content (AvgIpc) is 3.04. The molecule has 0 amide bonds. The van der Waals surface area contributed by atoms with E-state index in [0.29, 0.717) is 11.8 Å². The minimum absolute atomic E-state index is 0.166. The van der Waals surface area contributed by atoms with Crippen molar-refractivity contribution < 1.29 is 9.47 Å². The first kappa shape index (κ1) is 13.6. The Morgan fingerprint density at radius 1 is 0.870 bits per heavy atom. The molecule has 3 aromatic rings. The number of nitrogens with zero attached hydrogens (tertiary/aromatic N) is 2. The lowest BCUT2D eigenvalue weighted by molar-refractivity contribution is 0.168. The summed E-state index contributed by atoms with van der Waals surface area (Å²) in [4.78, 5) is 9.09. The van der Waals surface area contributed by atoms with Crippen LogP contribution >= 0.6 is 0 Å². The van der Waals surface area contributed by atoms with Crippen LogP contribution in [0.25, 0.3) is 11.0 Å². The smallest absolute Gasteiger partial charge is 0.281 e. The molecule has 2 N–H and O–H groups in total. The van der Waals surface area contributed by atoms with Gasteiger partial charge in [-0.2, -0.15) is 0 Å². The molecule has 0 spiro atoms. The summed E-state index contributed by atoms with van der Waals surface area (Å²) in [7, 11) is 1.90. The second-order valence-electron chi connectivity index (χ2n) is 5.32. The molecule has 0 fully saturated rings. The van der Waals surface area contributed by atoms with Crippen LogP contribution in [0.4, 0.5) is 17.1 Å². The third kappa shape index (κ3) is 2.38. The molecule has 1 aliphatic heterocycles. The van der Waals surface area contributed by atoms with Crippen molar-refractivity contribution in [1.29, 1.82) is 0 Å². The lowest BCUT2D eigenvalue weighted by atomic mass is 10.1. The van der Waals surface area contributed by atoms with E-state index in [1.54, 1.807) is 0 Å². The molecule has 0 saturated heterocycles. The highest BCUT2D eigenvalue weighted by Crippen LogP contribution is 2.34. The monoisotopic (exact) mass is 308 g/mol. The van der Waals surface area contributed by atoms with Crippen molar-refractivity contribution in [3.05, 3.63) is 42.0 Å². The van der Waals surface area contributed by atoms with Crippen LogP contribution < -0.4 is 20.1 Å². The van der Waals surface area contributed by atoms with Gasteiger partial charge in [0.25, 0.3) is 11.8 Å². The third-order valence-corrected chi connectivity index (χ3v) is 3.81. The zero-order valence-corrected chi connectivity index (χ0v) is 12.9. The van der Waals surface area contributed by atoms with Gasteiger partial charge >= 0.3 is 0 Å². The second-order valence-corrected chi connectivity index (χ2v) is 5.32. The van der Waals surface area contributed by atoms with Crippen molar-refractivity contribution in [1.82, 2.24) is 9.97 Å². The maximum Gasteiger partial charge on any atom is 0.281 e. The molecular formula is C17H16N4O2. The number of aromatic nitrogens is 2. The third-order valence-electron chi connectivity index (χ3n) is 3.81. The molecule has 116 valence electrons. The molecule has 2 heterocycles. The highest BCUT2D eigenvalue weighted by molar-refractivity contribution is 5.92. The van der Waals surface area contributed by atoms with E-state index >= 15 is 0 Å². The normalized spacial score (nSPS) is 12.4. The fourth-order valence-corrected chi connectivity index (χ4v) is 2.54. The summed E-state index contributed by atoms with van der Waals surface area (Å²) in [6, 6.07) is 12.1. The van der Waals surface area contributed by atoms with Crippen LogP contribution in [-0.2, 0) is 0 Å². The van der Waals surface area contributed by atoms with E-state index in [-0.39, 0.29) is 6.79 Å². The van der Waals surface area contributed by atoms with Gasteiger partial charge in [0.2, 0.25) is 6.79 Å². The van der Waals surface area contributed by atoms with Gasteiger partial charge in [0, 0.05) is 18.4 Å². The molecule has 6 heteroatoms. The predicted molar refractivity (Wildman–Crippen MR) is 89.7 cm³/mol. The summed E-state index contributed by atoms with van der Waals surface area (Å²) >= 11 is 0. The summed E-state index contributed by atoms with van der Waals surface area (Å²) in [5.74, 6) is 0.896. The summed E-state index contributed by atoms with van der Waals surface area (Å²) in [5.41, 5.74) is 5.55. The highest BCUT2D eigenvalue weighted by atomic mass is 16.7. The minimum atomic E-state index is 0.166. The number of fused-ring (bicyclic) bond motifs is 2. The maximum atomic E-state index is 5.35. The lowest BCUT2D eigenvalue weighted by Gasteiger charge is -2.11. The van der Waals surface area contributed by atoms with Crippen molar-refractivity contribution in [3.63, 3.8) is 0 Å². The molecule has 0 atom stereocenters. The summed E-state index contributed by atoms with van der Waals surface area (Å²) in [5, 5.41) is 6.49. The second kappa shape index (κ2) is 5.31. The molecule has 2 aromatic carbocycles. The van der Waals surface area contributed by atoms with Crippen LogP contribution in [0, 0.1) is 6.92 Å². The van der Waals surface area contributed by atoms with Gasteiger partial charge in [-0.1, -0.05) is 6.07 Å². The average molecular weight is 308 g/mol. The zero-order valence-electron chi connectivity index (χ0n) is 12.9. The number of rotatable bonds is 3. The number of benzene rings is 2. The Bertz CT molecular complexity index is 878. The van der Waals surface area contributed by atoms with Crippen molar-refractivity contribution in [2.24, 2.45) is 0 Å². The molecule has 6 nitrogen and oxygen atoms in total. The molecular weight excluding hydrogens is 292 g/mol. The highest BCUT2D eigenvalue weighted by Gasteiger charge is 2.20. The van der Waals surface area contributed by atoms with E-state index in [0.717, 1.165) is 33.7 Å². The lowest BCUT2D eigenvalue weighted by Crippen LogP contribution is -1.97. The van der Waals surface area contributed by atoms with E-state index in [1.807, 2.05) is 50.4 Å². The number of aryl methyl sites for hydroxylation is 1.